The van der Waals surface area contributed by atoms with Crippen LogP contribution in [0.1, 0.15) is 15.2 Å². The third kappa shape index (κ3) is 3.28. The van der Waals surface area contributed by atoms with E-state index in [4.69, 9.17) is 0 Å². The van der Waals surface area contributed by atoms with E-state index in [1.807, 2.05) is 12.1 Å². The summed E-state index contributed by atoms with van der Waals surface area (Å²) in [5.74, 6) is -2.46. The van der Waals surface area contributed by atoms with E-state index in [1.54, 1.807) is 0 Å². The molecule has 20 heavy (non-hydrogen) atoms. The van der Waals surface area contributed by atoms with Gasteiger partial charge < -0.3 is 15.3 Å². The molecule has 0 spiro atoms. The lowest BCUT2D eigenvalue weighted by Gasteiger charge is -2.04. The minimum Gasteiger partial charge on any atom is -0.504 e. The first-order valence-electron chi connectivity index (χ1n) is 5.31. The molecule has 8 heteroatoms. The molecule has 2 rings (SSSR count). The summed E-state index contributed by atoms with van der Waals surface area (Å²) in [7, 11) is 0. The quantitative estimate of drug-likeness (QED) is 0.385. The van der Waals surface area contributed by atoms with E-state index in [-0.39, 0.29) is 5.56 Å². The van der Waals surface area contributed by atoms with Gasteiger partial charge in [-0.1, -0.05) is 0 Å². The summed E-state index contributed by atoms with van der Waals surface area (Å²) in [4.78, 5) is 12.6. The number of halogens is 1. The Morgan fingerprint density at radius 3 is 2.45 bits per heavy atom. The van der Waals surface area contributed by atoms with Crippen molar-refractivity contribution in [2.75, 3.05) is 0 Å². The highest BCUT2D eigenvalue weighted by atomic mass is 79.9. The Balaban J connectivity index is 2.07. The molecule has 0 bridgehead atoms. The average molecular weight is 357 g/mol. The van der Waals surface area contributed by atoms with Crippen molar-refractivity contribution in [2.45, 2.75) is 0 Å². The summed E-state index contributed by atoms with van der Waals surface area (Å²) in [5.41, 5.74) is 2.22. The van der Waals surface area contributed by atoms with Crippen molar-refractivity contribution in [3.63, 3.8) is 0 Å². The lowest BCUT2D eigenvalue weighted by molar-refractivity contribution is 0.0954. The molecule has 0 radical (unpaired) electrons. The molecule has 1 heterocycles. The van der Waals surface area contributed by atoms with Gasteiger partial charge in [-0.2, -0.15) is 5.10 Å². The van der Waals surface area contributed by atoms with Crippen molar-refractivity contribution in [1.29, 1.82) is 0 Å². The maximum atomic E-state index is 11.7. The molecular formula is C12H9BrN2O4S. The molecule has 6 nitrogen and oxygen atoms in total. The number of thiophene rings is 1. The number of phenols is 3. The zero-order chi connectivity index (χ0) is 14.7. The predicted octanol–water partition coefficient (Wildman–Crippen LogP) is 2.39. The van der Waals surface area contributed by atoms with Crippen molar-refractivity contribution in [2.24, 2.45) is 5.10 Å². The SMILES string of the molecule is O=C(NN=Cc1ccc(Br)s1)c1cc(O)c(O)c(O)c1. The molecule has 0 fully saturated rings. The van der Waals surface area contributed by atoms with Crippen molar-refractivity contribution >= 4 is 39.4 Å². The van der Waals surface area contributed by atoms with Gasteiger partial charge in [0.05, 0.1) is 10.0 Å². The first-order valence-corrected chi connectivity index (χ1v) is 6.92. The van der Waals surface area contributed by atoms with E-state index in [0.29, 0.717) is 0 Å². The molecule has 0 atom stereocenters. The number of hydrazone groups is 1. The van der Waals surface area contributed by atoms with Crippen LogP contribution in [-0.2, 0) is 0 Å². The first-order chi connectivity index (χ1) is 9.47. The van der Waals surface area contributed by atoms with Crippen LogP contribution in [-0.4, -0.2) is 27.4 Å². The van der Waals surface area contributed by atoms with Gasteiger partial charge in [0.2, 0.25) is 0 Å². The molecule has 1 aromatic carbocycles. The normalized spacial score (nSPS) is 10.8. The molecule has 0 aliphatic carbocycles. The van der Waals surface area contributed by atoms with Gasteiger partial charge in [-0.15, -0.1) is 11.3 Å². The van der Waals surface area contributed by atoms with Gasteiger partial charge in [-0.25, -0.2) is 5.43 Å². The number of carbonyl (C=O) groups is 1. The number of aromatic hydroxyl groups is 3. The molecular weight excluding hydrogens is 348 g/mol. The van der Waals surface area contributed by atoms with E-state index in [2.05, 4.69) is 26.5 Å². The summed E-state index contributed by atoms with van der Waals surface area (Å²) < 4.78 is 0.943. The van der Waals surface area contributed by atoms with Gasteiger partial charge in [-0.05, 0) is 40.2 Å². The number of nitrogens with one attached hydrogen (secondary N) is 1. The highest BCUT2D eigenvalue weighted by Gasteiger charge is 2.12. The summed E-state index contributed by atoms with van der Waals surface area (Å²) in [6.07, 6.45) is 1.47. The van der Waals surface area contributed by atoms with Gasteiger partial charge >= 0.3 is 0 Å². The van der Waals surface area contributed by atoms with Gasteiger partial charge in [0.15, 0.2) is 17.2 Å². The van der Waals surface area contributed by atoms with Crippen LogP contribution in [0.4, 0.5) is 0 Å². The molecule has 0 aliphatic heterocycles. The molecule has 104 valence electrons. The van der Waals surface area contributed by atoms with Crippen LogP contribution in [0.3, 0.4) is 0 Å². The maximum Gasteiger partial charge on any atom is 0.271 e. The number of hydrogen-bond acceptors (Lipinski definition) is 6. The van der Waals surface area contributed by atoms with Crippen LogP contribution < -0.4 is 5.43 Å². The minimum absolute atomic E-state index is 0.0256. The summed E-state index contributed by atoms with van der Waals surface area (Å²) >= 11 is 4.75. The Hall–Kier alpha value is -2.06. The van der Waals surface area contributed by atoms with Crippen LogP contribution >= 0.6 is 27.3 Å². The van der Waals surface area contributed by atoms with Crippen molar-refractivity contribution in [1.82, 2.24) is 5.43 Å². The van der Waals surface area contributed by atoms with Crippen LogP contribution in [0.5, 0.6) is 17.2 Å². The molecule has 0 saturated heterocycles. The number of nitrogens with zero attached hydrogens (tertiary/aromatic N) is 1. The second-order valence-electron chi connectivity index (χ2n) is 3.70. The van der Waals surface area contributed by atoms with E-state index >= 15 is 0 Å². The maximum absolute atomic E-state index is 11.7. The number of benzene rings is 1. The third-order valence-electron chi connectivity index (χ3n) is 2.28. The van der Waals surface area contributed by atoms with Crippen LogP contribution in [0, 0.1) is 0 Å². The van der Waals surface area contributed by atoms with E-state index in [0.717, 1.165) is 20.8 Å². The summed E-state index contributed by atoms with van der Waals surface area (Å²) in [5, 5.41) is 31.5. The monoisotopic (exact) mass is 356 g/mol. The number of rotatable bonds is 3. The molecule has 1 aromatic heterocycles. The second-order valence-corrected chi connectivity index (χ2v) is 6.20. The predicted molar refractivity (Wildman–Crippen MR) is 78.5 cm³/mol. The van der Waals surface area contributed by atoms with Crippen molar-refractivity contribution < 1.29 is 20.1 Å². The van der Waals surface area contributed by atoms with Crippen LogP contribution in [0.25, 0.3) is 0 Å². The van der Waals surface area contributed by atoms with Crippen molar-refractivity contribution in [3.8, 4) is 17.2 Å². The summed E-state index contributed by atoms with van der Waals surface area (Å²) in [6, 6.07) is 5.73. The number of hydrogen-bond donors (Lipinski definition) is 4. The highest BCUT2D eigenvalue weighted by molar-refractivity contribution is 9.11. The first kappa shape index (κ1) is 14.4. The van der Waals surface area contributed by atoms with Crippen LogP contribution in [0.2, 0.25) is 0 Å². The fraction of sp³-hybridized carbons (Fsp3) is 0. The van der Waals surface area contributed by atoms with Crippen molar-refractivity contribution in [3.05, 3.63) is 38.5 Å². The smallest absolute Gasteiger partial charge is 0.271 e. The van der Waals surface area contributed by atoms with Gasteiger partial charge in [0, 0.05) is 10.4 Å². The largest absolute Gasteiger partial charge is 0.504 e. The Kier molecular flexibility index (Phi) is 4.26. The molecule has 2 aromatic rings. The zero-order valence-electron chi connectivity index (χ0n) is 9.87. The van der Waals surface area contributed by atoms with Gasteiger partial charge in [0.1, 0.15) is 0 Å². The number of carbonyl (C=O) groups excluding carboxylic acids is 1. The van der Waals surface area contributed by atoms with Gasteiger partial charge in [-0.3, -0.25) is 4.79 Å². The van der Waals surface area contributed by atoms with E-state index < -0.39 is 23.2 Å². The minimum atomic E-state index is -0.673. The highest BCUT2D eigenvalue weighted by Crippen LogP contribution is 2.35. The molecule has 1 amide bonds. The van der Waals surface area contributed by atoms with E-state index in [9.17, 15) is 20.1 Å². The molecule has 0 unspecified atom stereocenters. The Morgan fingerprint density at radius 1 is 1.25 bits per heavy atom. The lowest BCUT2D eigenvalue weighted by atomic mass is 10.2. The third-order valence-corrected chi connectivity index (χ3v) is 3.84. The van der Waals surface area contributed by atoms with Gasteiger partial charge in [0.25, 0.3) is 5.91 Å². The topological polar surface area (TPSA) is 102 Å². The number of phenolic OH excluding ortho intramolecular Hbond substituents is 3. The van der Waals surface area contributed by atoms with Crippen LogP contribution in [0.15, 0.2) is 33.2 Å². The molecule has 0 aliphatic rings. The fourth-order valence-electron chi connectivity index (χ4n) is 1.35. The van der Waals surface area contributed by atoms with E-state index in [1.165, 1.54) is 17.6 Å². The second kappa shape index (κ2) is 5.93. The number of amides is 1. The average Bonchev–Trinajstić information content (AvgIpc) is 2.81. The molecule has 0 saturated carbocycles. The Morgan fingerprint density at radius 2 is 1.90 bits per heavy atom. The Bertz CT molecular complexity index is 661. The summed E-state index contributed by atoms with van der Waals surface area (Å²) in [6.45, 7) is 0. The molecule has 4 N–H and O–H groups in total. The lowest BCUT2D eigenvalue weighted by Crippen LogP contribution is -2.17. The zero-order valence-corrected chi connectivity index (χ0v) is 12.3. The fourth-order valence-corrected chi connectivity index (χ4v) is 2.65. The Labute approximate surface area is 126 Å². The standard InChI is InChI=1S/C12H9BrN2O4S/c13-10-2-1-7(20-10)5-14-15-12(19)6-3-8(16)11(18)9(17)4-6/h1-5,16-18H,(H,15,19).